The van der Waals surface area contributed by atoms with Crippen molar-refractivity contribution in [2.45, 2.75) is 32.8 Å². The van der Waals surface area contributed by atoms with Gasteiger partial charge in [0.15, 0.2) is 0 Å². The van der Waals surface area contributed by atoms with Crippen LogP contribution in [0.3, 0.4) is 0 Å². The van der Waals surface area contributed by atoms with E-state index in [1.165, 1.54) is 0 Å². The van der Waals surface area contributed by atoms with Gasteiger partial charge in [-0.15, -0.1) is 0 Å². The monoisotopic (exact) mass is 502 g/mol. The number of halogens is 5. The quantitative estimate of drug-likeness (QED) is 0.0903. The molecule has 0 heterocycles. The Morgan fingerprint density at radius 2 is 1.03 bits per heavy atom. The van der Waals surface area contributed by atoms with Gasteiger partial charge in [0.1, 0.15) is 12.2 Å². The molecule has 1 rings (SSSR count). The first kappa shape index (κ1) is 29.7. The molecule has 1 aromatic carbocycles. The summed E-state index contributed by atoms with van der Waals surface area (Å²) in [6, 6.07) is 0. The predicted octanol–water partition coefficient (Wildman–Crippen LogP) is 3.09. The highest BCUT2D eigenvalue weighted by molar-refractivity contribution is 5.72. The molecule has 0 N–H and O–H groups in total. The lowest BCUT2D eigenvalue weighted by Crippen LogP contribution is -2.27. The van der Waals surface area contributed by atoms with Crippen molar-refractivity contribution < 1.29 is 60.0 Å². The van der Waals surface area contributed by atoms with Crippen LogP contribution in [-0.2, 0) is 33.3 Å². The summed E-state index contributed by atoms with van der Waals surface area (Å²) >= 11 is 0. The molecular formula is C21H27F5O8. The first-order valence-corrected chi connectivity index (χ1v) is 10.2. The average Bonchev–Trinajstić information content (AvgIpc) is 2.76. The SMILES string of the molecule is CC(C)(C)OC(=O)COCCOCCOCCOCCC(=O)Oc1c(F)c(F)c(F)c(F)c1F. The number of ether oxygens (including phenoxy) is 6. The fourth-order valence-corrected chi connectivity index (χ4v) is 2.18. The standard InChI is InChI=1S/C21H27F5O8/c1-21(2,3)34-14(28)12-32-11-10-31-9-8-30-7-6-29-5-4-13(27)33-20-18(25)16(23)15(22)17(24)19(20)26/h4-12H2,1-3H3. The molecule has 0 bridgehead atoms. The number of carbonyl (C=O) groups is 2. The summed E-state index contributed by atoms with van der Waals surface area (Å²) in [6.07, 6.45) is -0.494. The van der Waals surface area contributed by atoms with E-state index in [1.54, 1.807) is 20.8 Å². The molecule has 0 fully saturated rings. The van der Waals surface area contributed by atoms with E-state index >= 15 is 0 Å². The Kier molecular flexibility index (Phi) is 12.9. The van der Waals surface area contributed by atoms with E-state index < -0.39 is 58.8 Å². The Labute approximate surface area is 193 Å². The summed E-state index contributed by atoms with van der Waals surface area (Å²) in [5.74, 6) is -14.6. The third kappa shape index (κ3) is 11.2. The van der Waals surface area contributed by atoms with Gasteiger partial charge in [-0.3, -0.25) is 4.79 Å². The Morgan fingerprint density at radius 3 is 1.50 bits per heavy atom. The Balaban J connectivity index is 2.04. The Morgan fingerprint density at radius 1 is 0.618 bits per heavy atom. The zero-order valence-electron chi connectivity index (χ0n) is 19.0. The number of hydrogen-bond donors (Lipinski definition) is 0. The van der Waals surface area contributed by atoms with E-state index in [9.17, 15) is 31.5 Å². The minimum atomic E-state index is -2.35. The molecule has 0 aliphatic heterocycles. The predicted molar refractivity (Wildman–Crippen MR) is 106 cm³/mol. The molecule has 0 aromatic heterocycles. The number of rotatable bonds is 15. The van der Waals surface area contributed by atoms with Crippen LogP contribution >= 0.6 is 0 Å². The van der Waals surface area contributed by atoms with Crippen molar-refractivity contribution in [3.63, 3.8) is 0 Å². The second-order valence-corrected chi connectivity index (χ2v) is 7.60. The van der Waals surface area contributed by atoms with Crippen LogP contribution in [0.5, 0.6) is 5.75 Å². The smallest absolute Gasteiger partial charge is 0.332 e. The maximum Gasteiger partial charge on any atom is 0.332 e. The van der Waals surface area contributed by atoms with E-state index in [4.69, 9.17) is 23.7 Å². The second-order valence-electron chi connectivity index (χ2n) is 7.60. The average molecular weight is 502 g/mol. The molecule has 1 aromatic rings. The van der Waals surface area contributed by atoms with Crippen molar-refractivity contribution >= 4 is 11.9 Å². The van der Waals surface area contributed by atoms with E-state index in [1.807, 2.05) is 0 Å². The number of carbonyl (C=O) groups excluding carboxylic acids is 2. The van der Waals surface area contributed by atoms with Gasteiger partial charge in [-0.25, -0.2) is 18.0 Å². The van der Waals surface area contributed by atoms with Gasteiger partial charge in [0, 0.05) is 0 Å². The minimum Gasteiger partial charge on any atom is -0.458 e. The van der Waals surface area contributed by atoms with Crippen molar-refractivity contribution in [2.24, 2.45) is 0 Å². The molecule has 34 heavy (non-hydrogen) atoms. The lowest BCUT2D eigenvalue weighted by Gasteiger charge is -2.19. The lowest BCUT2D eigenvalue weighted by atomic mass is 10.2. The highest BCUT2D eigenvalue weighted by Gasteiger charge is 2.28. The lowest BCUT2D eigenvalue weighted by molar-refractivity contribution is -0.160. The summed E-state index contributed by atoms with van der Waals surface area (Å²) in [6.45, 7) is 5.98. The van der Waals surface area contributed by atoms with E-state index in [0.29, 0.717) is 0 Å². The van der Waals surface area contributed by atoms with Gasteiger partial charge >= 0.3 is 11.9 Å². The maximum atomic E-state index is 13.4. The zero-order valence-corrected chi connectivity index (χ0v) is 19.0. The molecule has 13 heteroatoms. The number of hydrogen-bond acceptors (Lipinski definition) is 8. The maximum absolute atomic E-state index is 13.4. The molecule has 0 spiro atoms. The van der Waals surface area contributed by atoms with Crippen LogP contribution in [0, 0.1) is 29.1 Å². The first-order chi connectivity index (χ1) is 15.9. The molecule has 0 saturated carbocycles. The Bertz CT molecular complexity index is 784. The minimum absolute atomic E-state index is 0.0643. The van der Waals surface area contributed by atoms with E-state index in [0.717, 1.165) is 0 Å². The summed E-state index contributed by atoms with van der Waals surface area (Å²) < 4.78 is 95.9. The highest BCUT2D eigenvalue weighted by Crippen LogP contribution is 2.29. The third-order valence-corrected chi connectivity index (χ3v) is 3.59. The van der Waals surface area contributed by atoms with Gasteiger partial charge < -0.3 is 28.4 Å². The summed E-state index contributed by atoms with van der Waals surface area (Å²) in [5.41, 5.74) is -0.578. The van der Waals surface area contributed by atoms with Crippen molar-refractivity contribution in [2.75, 3.05) is 52.9 Å². The number of esters is 2. The summed E-state index contributed by atoms with van der Waals surface area (Å²) in [7, 11) is 0. The molecule has 0 atom stereocenters. The topological polar surface area (TPSA) is 89.5 Å². The van der Waals surface area contributed by atoms with Crippen LogP contribution in [-0.4, -0.2) is 70.4 Å². The van der Waals surface area contributed by atoms with Crippen molar-refractivity contribution in [3.05, 3.63) is 29.1 Å². The third-order valence-electron chi connectivity index (χ3n) is 3.59. The molecule has 0 unspecified atom stereocenters. The summed E-state index contributed by atoms with van der Waals surface area (Å²) in [5, 5.41) is 0. The molecular weight excluding hydrogens is 475 g/mol. The number of benzene rings is 1. The van der Waals surface area contributed by atoms with Crippen LogP contribution in [0.4, 0.5) is 22.0 Å². The van der Waals surface area contributed by atoms with E-state index in [2.05, 4.69) is 4.74 Å². The fraction of sp³-hybridized carbons (Fsp3) is 0.619. The molecule has 0 aliphatic carbocycles. The molecule has 0 saturated heterocycles. The van der Waals surface area contributed by atoms with Crippen molar-refractivity contribution in [3.8, 4) is 5.75 Å². The van der Waals surface area contributed by atoms with Gasteiger partial charge in [0.25, 0.3) is 0 Å². The van der Waals surface area contributed by atoms with Crippen LogP contribution < -0.4 is 4.74 Å². The van der Waals surface area contributed by atoms with Crippen molar-refractivity contribution in [1.29, 1.82) is 0 Å². The van der Waals surface area contributed by atoms with Crippen LogP contribution in [0.1, 0.15) is 27.2 Å². The van der Waals surface area contributed by atoms with Crippen LogP contribution in [0.25, 0.3) is 0 Å². The Hall–Kier alpha value is -2.35. The van der Waals surface area contributed by atoms with E-state index in [-0.39, 0.29) is 52.9 Å². The molecule has 0 amide bonds. The first-order valence-electron chi connectivity index (χ1n) is 10.2. The fourth-order valence-electron chi connectivity index (χ4n) is 2.18. The van der Waals surface area contributed by atoms with Gasteiger partial charge in [-0.2, -0.15) is 8.78 Å². The normalized spacial score (nSPS) is 11.5. The summed E-state index contributed by atoms with van der Waals surface area (Å²) in [4.78, 5) is 23.0. The van der Waals surface area contributed by atoms with Gasteiger partial charge in [0.2, 0.25) is 34.8 Å². The molecule has 8 nitrogen and oxygen atoms in total. The largest absolute Gasteiger partial charge is 0.458 e. The van der Waals surface area contributed by atoms with Gasteiger partial charge in [0.05, 0.1) is 52.7 Å². The van der Waals surface area contributed by atoms with Crippen LogP contribution in [0.15, 0.2) is 0 Å². The second kappa shape index (κ2) is 14.8. The van der Waals surface area contributed by atoms with Gasteiger partial charge in [-0.1, -0.05) is 0 Å². The highest BCUT2D eigenvalue weighted by atomic mass is 19.2. The molecule has 194 valence electrons. The van der Waals surface area contributed by atoms with Gasteiger partial charge in [-0.05, 0) is 20.8 Å². The molecule has 0 aliphatic rings. The zero-order chi connectivity index (χ0) is 25.7. The molecule has 0 radical (unpaired) electrons. The van der Waals surface area contributed by atoms with Crippen LogP contribution in [0.2, 0.25) is 0 Å². The van der Waals surface area contributed by atoms with Crippen molar-refractivity contribution in [1.82, 2.24) is 0 Å².